The van der Waals surface area contributed by atoms with Crippen molar-refractivity contribution in [3.63, 3.8) is 0 Å². The molecule has 0 spiro atoms. The van der Waals surface area contributed by atoms with Crippen LogP contribution in [-0.4, -0.2) is 69.4 Å². The molecule has 8 N–H and O–H groups in total. The van der Waals surface area contributed by atoms with Crippen LogP contribution >= 0.6 is 0 Å². The molecule has 2 saturated heterocycles. The second-order valence-electron chi connectivity index (χ2n) is 15.0. The number of nitrogens with two attached hydrogens (primary N) is 1. The molecule has 0 unspecified atom stereocenters. The number of carbonyl (C=O) groups is 1. The molecule has 1 aromatic carbocycles. The molecular weight excluding hydrogens is 552 g/mol. The van der Waals surface area contributed by atoms with Gasteiger partial charge in [-0.15, -0.1) is 0 Å². The van der Waals surface area contributed by atoms with E-state index in [9.17, 15) is 20.1 Å². The number of hydrogen-bond donors (Lipinski definition) is 7. The summed E-state index contributed by atoms with van der Waals surface area (Å²) in [6.07, 6.45) is 12.0. The third kappa shape index (κ3) is 9.05. The van der Waals surface area contributed by atoms with Crippen LogP contribution in [0, 0.1) is 23.7 Å². The maximum atomic E-state index is 11.9. The van der Waals surface area contributed by atoms with Gasteiger partial charge in [-0.3, -0.25) is 10.1 Å². The predicted molar refractivity (Wildman–Crippen MR) is 174 cm³/mol. The van der Waals surface area contributed by atoms with Gasteiger partial charge in [-0.2, -0.15) is 0 Å². The van der Waals surface area contributed by atoms with Gasteiger partial charge in [0.05, 0.1) is 24.3 Å². The molecule has 9 atom stereocenters. The van der Waals surface area contributed by atoms with Crippen molar-refractivity contribution in [1.29, 1.82) is 0 Å². The van der Waals surface area contributed by atoms with Gasteiger partial charge in [0.1, 0.15) is 0 Å². The Morgan fingerprint density at radius 2 is 1.86 bits per heavy atom. The van der Waals surface area contributed by atoms with Crippen molar-refractivity contribution in [3.05, 3.63) is 34.9 Å². The van der Waals surface area contributed by atoms with Gasteiger partial charge in [0.2, 0.25) is 0 Å². The monoisotopic (exact) mass is 608 g/mol. The van der Waals surface area contributed by atoms with E-state index in [2.05, 4.69) is 59.8 Å². The van der Waals surface area contributed by atoms with Crippen LogP contribution in [0.25, 0.3) is 0 Å². The van der Waals surface area contributed by atoms with Crippen LogP contribution in [0.5, 0.6) is 0 Å². The number of piperidine rings is 2. The number of carboxylic acids is 1. The Bertz CT molecular complexity index is 1200. The molecule has 44 heavy (non-hydrogen) atoms. The molecule has 8 heteroatoms. The summed E-state index contributed by atoms with van der Waals surface area (Å²) < 4.78 is 0. The number of aliphatic hydroxyl groups is 2. The van der Waals surface area contributed by atoms with E-state index in [4.69, 9.17) is 5.73 Å². The average molecular weight is 609 g/mol. The highest BCUT2D eigenvalue weighted by Gasteiger charge is 2.39. The number of nitrogens with one attached hydrogen (secondary N) is 3. The number of fused-ring (bicyclic) bond motifs is 4. The van der Waals surface area contributed by atoms with E-state index in [1.807, 2.05) is 0 Å². The molecule has 2 fully saturated rings. The summed E-state index contributed by atoms with van der Waals surface area (Å²) in [6, 6.07) is 7.44. The van der Waals surface area contributed by atoms with Crippen molar-refractivity contribution in [2.75, 3.05) is 6.54 Å². The lowest BCUT2D eigenvalue weighted by atomic mass is 9.79. The lowest BCUT2D eigenvalue weighted by Crippen LogP contribution is -2.63. The zero-order valence-corrected chi connectivity index (χ0v) is 26.9. The van der Waals surface area contributed by atoms with Gasteiger partial charge in [0, 0.05) is 42.2 Å². The third-order valence-electron chi connectivity index (χ3n) is 11.0. The minimum absolute atomic E-state index is 0.138. The number of benzene rings is 1. The first kappa shape index (κ1) is 33.4. The second kappa shape index (κ2) is 14.6. The second-order valence-corrected chi connectivity index (χ2v) is 15.0. The summed E-state index contributed by atoms with van der Waals surface area (Å²) in [5.74, 6) is 7.08. The van der Waals surface area contributed by atoms with Crippen LogP contribution in [0.2, 0.25) is 0 Å². The molecule has 244 valence electrons. The zero-order valence-electron chi connectivity index (χ0n) is 26.9. The Morgan fingerprint density at radius 1 is 1.07 bits per heavy atom. The predicted octanol–water partition coefficient (Wildman–Crippen LogP) is 3.60. The van der Waals surface area contributed by atoms with Crippen LogP contribution in [0.4, 0.5) is 0 Å². The molecule has 8 nitrogen and oxygen atoms in total. The Balaban J connectivity index is 1.44. The fourth-order valence-corrected chi connectivity index (χ4v) is 8.44. The van der Waals surface area contributed by atoms with E-state index in [0.29, 0.717) is 30.7 Å². The normalized spacial score (nSPS) is 38.4. The largest absolute Gasteiger partial charge is 0.481 e. The average Bonchev–Trinajstić information content (AvgIpc) is 2.98. The van der Waals surface area contributed by atoms with Crippen LogP contribution in [0.3, 0.4) is 0 Å². The quantitative estimate of drug-likeness (QED) is 0.252. The van der Waals surface area contributed by atoms with Gasteiger partial charge in [0.15, 0.2) is 0 Å². The highest BCUT2D eigenvalue weighted by molar-refractivity contribution is 5.68. The number of hydrogen-bond acceptors (Lipinski definition) is 7. The molecule has 0 aromatic heterocycles. The van der Waals surface area contributed by atoms with Crippen LogP contribution in [0.15, 0.2) is 18.2 Å². The SMILES string of the molecule is C[C@H]1N[C@H](CC[C@@H]2CCC[C@@H]3CC#Cc4c(cccc4C[C@@H]4C[C@](C)(C[C@H](N)N4)NC[C@](O)(CC(=O)O)CC3)C2)CC[C@H]1O. The van der Waals surface area contributed by atoms with E-state index in [0.717, 1.165) is 77.0 Å². The van der Waals surface area contributed by atoms with Crippen molar-refractivity contribution >= 4 is 5.97 Å². The van der Waals surface area contributed by atoms with Gasteiger partial charge in [-0.1, -0.05) is 42.9 Å². The smallest absolute Gasteiger partial charge is 0.306 e. The summed E-state index contributed by atoms with van der Waals surface area (Å²) in [7, 11) is 0. The molecule has 5 rings (SSSR count). The van der Waals surface area contributed by atoms with E-state index in [1.165, 1.54) is 16.7 Å². The maximum Gasteiger partial charge on any atom is 0.306 e. The van der Waals surface area contributed by atoms with E-state index >= 15 is 0 Å². The fraction of sp³-hybridized carbons (Fsp3) is 0.750. The first-order chi connectivity index (χ1) is 21.0. The maximum absolute atomic E-state index is 11.9. The molecule has 1 aliphatic carbocycles. The molecule has 3 heterocycles. The highest BCUT2D eigenvalue weighted by atomic mass is 16.4. The molecular formula is C36H56N4O4. The van der Waals surface area contributed by atoms with Gasteiger partial charge in [-0.05, 0) is 107 Å². The molecule has 0 amide bonds. The van der Waals surface area contributed by atoms with Crippen LogP contribution in [0.1, 0.15) is 114 Å². The minimum atomic E-state index is -1.32. The molecule has 0 radical (unpaired) electrons. The standard InChI is InChI=1S/C36H56N4O4/c1-24-32(41)15-14-29(39-24)13-12-26-8-3-6-25-7-4-11-31-27(18-26)9-5-10-28(31)19-30-20-35(2,21-33(37)40-30)38-23-36(44,17-16-25)22-34(42)43/h5,9-10,24-26,29-30,32-33,38-41,44H,3,6-8,12-23,37H2,1-2H3,(H,42,43)/t24-,25-,26+,29-,30-,32-,33-,35-,36-/m1/s1. The first-order valence-electron chi connectivity index (χ1n) is 17.2. The Morgan fingerprint density at radius 3 is 2.64 bits per heavy atom. The van der Waals surface area contributed by atoms with Crippen molar-refractivity contribution in [2.45, 2.75) is 152 Å². The zero-order chi connectivity index (χ0) is 31.3. The molecule has 1 aromatic rings. The van der Waals surface area contributed by atoms with Gasteiger partial charge in [0.25, 0.3) is 0 Å². The fourth-order valence-electron chi connectivity index (χ4n) is 8.44. The Hall–Kier alpha value is -1.99. The van der Waals surface area contributed by atoms with E-state index < -0.39 is 11.6 Å². The van der Waals surface area contributed by atoms with Crippen molar-refractivity contribution in [2.24, 2.45) is 17.6 Å². The van der Waals surface area contributed by atoms with Crippen molar-refractivity contribution in [1.82, 2.24) is 16.0 Å². The summed E-state index contributed by atoms with van der Waals surface area (Å²) >= 11 is 0. The summed E-state index contributed by atoms with van der Waals surface area (Å²) in [6.45, 7) is 4.48. The Labute approximate surface area is 264 Å². The lowest BCUT2D eigenvalue weighted by Gasteiger charge is -2.44. The molecule has 4 bridgehead atoms. The van der Waals surface area contributed by atoms with Crippen molar-refractivity contribution < 1.29 is 20.1 Å². The topological polar surface area (TPSA) is 140 Å². The highest BCUT2D eigenvalue weighted by Crippen LogP contribution is 2.33. The molecule has 3 aliphatic heterocycles. The Kier molecular flexibility index (Phi) is 11.1. The minimum Gasteiger partial charge on any atom is -0.481 e. The van der Waals surface area contributed by atoms with Crippen molar-refractivity contribution in [3.8, 4) is 11.8 Å². The first-order valence-corrected chi connectivity index (χ1v) is 17.2. The van der Waals surface area contributed by atoms with Crippen LogP contribution < -0.4 is 21.7 Å². The molecule has 0 saturated carbocycles. The van der Waals surface area contributed by atoms with E-state index in [-0.39, 0.29) is 42.9 Å². The van der Waals surface area contributed by atoms with E-state index in [1.54, 1.807) is 0 Å². The van der Waals surface area contributed by atoms with Gasteiger partial charge < -0.3 is 31.7 Å². The lowest BCUT2D eigenvalue weighted by molar-refractivity contribution is -0.143. The number of rotatable bonds is 5. The third-order valence-corrected chi connectivity index (χ3v) is 11.0. The molecule has 4 aliphatic rings. The van der Waals surface area contributed by atoms with Gasteiger partial charge in [-0.25, -0.2) is 0 Å². The summed E-state index contributed by atoms with van der Waals surface area (Å²) in [5, 5.41) is 42.4. The van der Waals surface area contributed by atoms with Crippen LogP contribution in [-0.2, 0) is 17.6 Å². The number of aliphatic carboxylic acids is 1. The number of aliphatic hydroxyl groups excluding tert-OH is 1. The summed E-state index contributed by atoms with van der Waals surface area (Å²) in [5.41, 5.74) is 8.69. The number of β-amino-alcohol motifs (C(OH)–C–C–N with tert-alkyl or cyclic N) is 1. The number of carboxylic acid groups (broad SMARTS) is 1. The van der Waals surface area contributed by atoms with Gasteiger partial charge >= 0.3 is 5.97 Å². The summed E-state index contributed by atoms with van der Waals surface area (Å²) in [4.78, 5) is 11.9.